The Balaban J connectivity index is 1.80. The van der Waals surface area contributed by atoms with E-state index in [2.05, 4.69) is 20.9 Å². The number of aromatic amines is 1. The second-order valence-corrected chi connectivity index (χ2v) is 4.96. The average Bonchev–Trinajstić information content (AvgIpc) is 3.04. The summed E-state index contributed by atoms with van der Waals surface area (Å²) in [6.07, 6.45) is 3.45. The van der Waals surface area contributed by atoms with Crippen molar-refractivity contribution in [3.63, 3.8) is 0 Å². The molecule has 0 atom stereocenters. The molecule has 5 nitrogen and oxygen atoms in total. The number of likely N-dealkylation sites (tertiary alicyclic amines) is 1. The maximum Gasteiger partial charge on any atom is 0.251 e. The second-order valence-electron chi connectivity index (χ2n) is 4.96. The number of nitrogens with zero attached hydrogens (tertiary/aromatic N) is 2. The monoisotopic (exact) mass is 257 g/mol. The van der Waals surface area contributed by atoms with Crippen LogP contribution < -0.4 is 5.73 Å². The average molecular weight is 257 g/mol. The van der Waals surface area contributed by atoms with E-state index in [0.29, 0.717) is 11.1 Å². The van der Waals surface area contributed by atoms with Crippen LogP contribution in [-0.2, 0) is 6.42 Å². The first-order chi connectivity index (χ1) is 9.24. The molecule has 99 valence electrons. The molecule has 0 aliphatic carbocycles. The van der Waals surface area contributed by atoms with Gasteiger partial charge < -0.3 is 15.6 Å². The van der Waals surface area contributed by atoms with Gasteiger partial charge in [0.1, 0.15) is 11.3 Å². The van der Waals surface area contributed by atoms with Crippen LogP contribution in [0.2, 0.25) is 0 Å². The van der Waals surface area contributed by atoms with E-state index < -0.39 is 5.91 Å². The lowest BCUT2D eigenvalue weighted by Gasteiger charge is -2.12. The van der Waals surface area contributed by atoms with Gasteiger partial charge in [-0.1, -0.05) is 6.07 Å². The van der Waals surface area contributed by atoms with Crippen molar-refractivity contribution >= 4 is 16.9 Å². The number of hydrogen-bond donors (Lipinski definition) is 2. The number of carbonyl (C=O) groups excluding carboxylic acids is 1. The molecule has 1 aromatic heterocycles. The lowest BCUT2D eigenvalue weighted by Crippen LogP contribution is -2.22. The number of rotatable bonds is 4. The quantitative estimate of drug-likeness (QED) is 0.861. The zero-order chi connectivity index (χ0) is 13.2. The van der Waals surface area contributed by atoms with Crippen LogP contribution >= 0.6 is 0 Å². The largest absolute Gasteiger partial charge is 0.366 e. The second kappa shape index (κ2) is 5.01. The summed E-state index contributed by atoms with van der Waals surface area (Å²) in [5.74, 6) is 0.423. The zero-order valence-corrected chi connectivity index (χ0v) is 10.8. The Bertz CT molecular complexity index is 599. The topological polar surface area (TPSA) is 75.0 Å². The Kier molecular flexibility index (Phi) is 3.21. The zero-order valence-electron chi connectivity index (χ0n) is 10.8. The van der Waals surface area contributed by atoms with Crippen LogP contribution in [0.3, 0.4) is 0 Å². The summed E-state index contributed by atoms with van der Waals surface area (Å²) < 4.78 is 0. The first-order valence-electron chi connectivity index (χ1n) is 6.65. The molecule has 0 saturated carbocycles. The molecule has 0 bridgehead atoms. The first-order valence-corrected chi connectivity index (χ1v) is 6.65. The number of hydrogen-bond acceptors (Lipinski definition) is 3. The fraction of sp³-hybridized carbons (Fsp3) is 0.429. The van der Waals surface area contributed by atoms with Gasteiger partial charge in [0.25, 0.3) is 5.91 Å². The Morgan fingerprint density at radius 1 is 1.47 bits per heavy atom. The van der Waals surface area contributed by atoms with Gasteiger partial charge >= 0.3 is 0 Å². The van der Waals surface area contributed by atoms with Crippen LogP contribution in [0.4, 0.5) is 0 Å². The van der Waals surface area contributed by atoms with Gasteiger partial charge in [-0.2, -0.15) is 0 Å². The normalized spacial score (nSPS) is 16.2. The molecular weight excluding hydrogens is 240 g/mol. The summed E-state index contributed by atoms with van der Waals surface area (Å²) in [4.78, 5) is 21.5. The standard InChI is InChI=1S/C14H17N4O/c15-14(19)10-4-3-5-11-13(10)17-12(16-11)6-9-18-7-1-2-8-18/h3,5H,1-2,6-9H2,(H2,15,19)(H,16,17). The third-order valence-electron chi connectivity index (χ3n) is 3.61. The van der Waals surface area contributed by atoms with Crippen molar-refractivity contribution in [3.05, 3.63) is 29.6 Å². The molecular formula is C14H17N4O. The Labute approximate surface area is 111 Å². The molecule has 3 rings (SSSR count). The van der Waals surface area contributed by atoms with Crippen molar-refractivity contribution in [2.24, 2.45) is 5.73 Å². The number of amides is 1. The predicted octanol–water partition coefficient (Wildman–Crippen LogP) is 1.10. The summed E-state index contributed by atoms with van der Waals surface area (Å²) in [6, 6.07) is 6.42. The molecule has 1 amide bonds. The number of imidazole rings is 1. The fourth-order valence-electron chi connectivity index (χ4n) is 2.60. The summed E-state index contributed by atoms with van der Waals surface area (Å²) in [6.45, 7) is 3.37. The number of primary amides is 1. The molecule has 1 aromatic carbocycles. The van der Waals surface area contributed by atoms with Crippen LogP contribution in [0.25, 0.3) is 11.0 Å². The summed E-state index contributed by atoms with van der Waals surface area (Å²) >= 11 is 0. The highest BCUT2D eigenvalue weighted by Gasteiger charge is 2.14. The molecule has 2 aromatic rings. The van der Waals surface area contributed by atoms with Gasteiger partial charge in [-0.15, -0.1) is 0 Å². The van der Waals surface area contributed by atoms with E-state index in [1.165, 1.54) is 25.9 Å². The number of aromatic nitrogens is 2. The third kappa shape index (κ3) is 2.46. The number of H-pyrrole nitrogens is 1. The van der Waals surface area contributed by atoms with E-state index in [9.17, 15) is 4.79 Å². The minimum atomic E-state index is -0.483. The van der Waals surface area contributed by atoms with Gasteiger partial charge in [0.05, 0.1) is 11.1 Å². The van der Waals surface area contributed by atoms with E-state index in [1.54, 1.807) is 6.07 Å². The van der Waals surface area contributed by atoms with Gasteiger partial charge in [0, 0.05) is 13.0 Å². The van der Waals surface area contributed by atoms with Crippen LogP contribution in [0, 0.1) is 6.07 Å². The van der Waals surface area contributed by atoms with E-state index in [4.69, 9.17) is 5.73 Å². The molecule has 0 unspecified atom stereocenters. The van der Waals surface area contributed by atoms with Crippen molar-refractivity contribution in [1.82, 2.24) is 14.9 Å². The molecule has 1 aliphatic heterocycles. The highest BCUT2D eigenvalue weighted by atomic mass is 16.1. The van der Waals surface area contributed by atoms with Gasteiger partial charge in [-0.25, -0.2) is 4.98 Å². The fourth-order valence-corrected chi connectivity index (χ4v) is 2.60. The van der Waals surface area contributed by atoms with E-state index in [-0.39, 0.29) is 0 Å². The molecule has 1 radical (unpaired) electrons. The molecule has 0 spiro atoms. The maximum absolute atomic E-state index is 11.3. The Hall–Kier alpha value is -1.88. The molecule has 1 fully saturated rings. The summed E-state index contributed by atoms with van der Waals surface area (Å²) in [5.41, 5.74) is 7.17. The minimum absolute atomic E-state index is 0.362. The SMILES string of the molecule is NC(=O)c1[c]ccc2[nH]c(CCN3CCCC3)nc12. The van der Waals surface area contributed by atoms with Crippen LogP contribution in [0.1, 0.15) is 29.0 Å². The lowest BCUT2D eigenvalue weighted by molar-refractivity contribution is 0.100. The molecule has 5 heteroatoms. The van der Waals surface area contributed by atoms with Crippen molar-refractivity contribution < 1.29 is 4.79 Å². The van der Waals surface area contributed by atoms with E-state index in [1.807, 2.05) is 6.07 Å². The molecule has 19 heavy (non-hydrogen) atoms. The van der Waals surface area contributed by atoms with Crippen molar-refractivity contribution in [2.45, 2.75) is 19.3 Å². The number of nitrogens with one attached hydrogen (secondary N) is 1. The maximum atomic E-state index is 11.3. The van der Waals surface area contributed by atoms with Crippen LogP contribution in [0.15, 0.2) is 12.1 Å². The van der Waals surface area contributed by atoms with Gasteiger partial charge in [-0.3, -0.25) is 4.79 Å². The van der Waals surface area contributed by atoms with Crippen LogP contribution in [0.5, 0.6) is 0 Å². The highest BCUT2D eigenvalue weighted by molar-refractivity contribution is 6.03. The van der Waals surface area contributed by atoms with Crippen molar-refractivity contribution in [3.8, 4) is 0 Å². The van der Waals surface area contributed by atoms with E-state index in [0.717, 1.165) is 24.3 Å². The number of benzene rings is 1. The predicted molar refractivity (Wildman–Crippen MR) is 72.8 cm³/mol. The molecule has 2 heterocycles. The third-order valence-corrected chi connectivity index (χ3v) is 3.61. The Morgan fingerprint density at radius 3 is 3.00 bits per heavy atom. The Morgan fingerprint density at radius 2 is 2.26 bits per heavy atom. The van der Waals surface area contributed by atoms with Crippen molar-refractivity contribution in [1.29, 1.82) is 0 Å². The number of nitrogens with two attached hydrogens (primary N) is 1. The van der Waals surface area contributed by atoms with Gasteiger partial charge in [0.2, 0.25) is 0 Å². The molecule has 1 saturated heterocycles. The minimum Gasteiger partial charge on any atom is -0.366 e. The highest BCUT2D eigenvalue weighted by Crippen LogP contribution is 2.16. The summed E-state index contributed by atoms with van der Waals surface area (Å²) in [7, 11) is 0. The van der Waals surface area contributed by atoms with Crippen molar-refractivity contribution in [2.75, 3.05) is 19.6 Å². The van der Waals surface area contributed by atoms with Gasteiger partial charge in [-0.05, 0) is 38.1 Å². The number of fused-ring (bicyclic) bond motifs is 1. The number of carbonyl (C=O) groups is 1. The smallest absolute Gasteiger partial charge is 0.251 e. The molecule has 1 aliphatic rings. The lowest BCUT2D eigenvalue weighted by atomic mass is 10.2. The summed E-state index contributed by atoms with van der Waals surface area (Å²) in [5, 5.41) is 0. The van der Waals surface area contributed by atoms with E-state index >= 15 is 0 Å². The first kappa shape index (κ1) is 12.2. The van der Waals surface area contributed by atoms with Crippen LogP contribution in [-0.4, -0.2) is 40.4 Å². The van der Waals surface area contributed by atoms with Gasteiger partial charge in [0.15, 0.2) is 0 Å². The molecule has 3 N–H and O–H groups in total.